The summed E-state index contributed by atoms with van der Waals surface area (Å²) in [7, 11) is 4.19. The van der Waals surface area contributed by atoms with Crippen LogP contribution in [0.3, 0.4) is 0 Å². The fourth-order valence-electron chi connectivity index (χ4n) is 4.05. The number of hydrogen-bond acceptors (Lipinski definition) is 2. The van der Waals surface area contributed by atoms with Gasteiger partial charge in [0, 0.05) is 18.9 Å². The second-order valence-corrected chi connectivity index (χ2v) is 7.52. The number of rotatable bonds is 5. The standard InChI is InChI=1S/C23H29NO/c1-24(2)18-22-15-9-14-21(16-19-10-5-3-6-11-19)23(22,25)17-20-12-7-4-8-13-20/h3-8,10-13,16,22,25H,9,14-15,17-18H2,1-2H3. The van der Waals surface area contributed by atoms with E-state index in [0.717, 1.165) is 25.8 Å². The molecule has 3 rings (SSSR count). The van der Waals surface area contributed by atoms with E-state index in [1.165, 1.54) is 16.7 Å². The molecule has 0 spiro atoms. The summed E-state index contributed by atoms with van der Waals surface area (Å²) in [6, 6.07) is 20.8. The Hall–Kier alpha value is -1.90. The number of nitrogens with zero attached hydrogens (tertiary/aromatic N) is 1. The highest BCUT2D eigenvalue weighted by molar-refractivity contribution is 5.56. The minimum atomic E-state index is -0.778. The predicted octanol–water partition coefficient (Wildman–Crippen LogP) is 4.41. The Labute approximate surface area is 151 Å². The van der Waals surface area contributed by atoms with Crippen molar-refractivity contribution < 1.29 is 5.11 Å². The van der Waals surface area contributed by atoms with Crippen LogP contribution in [0, 0.1) is 5.92 Å². The third-order valence-corrected chi connectivity index (χ3v) is 5.27. The van der Waals surface area contributed by atoms with Crippen LogP contribution in [0.2, 0.25) is 0 Å². The zero-order valence-corrected chi connectivity index (χ0v) is 15.4. The Morgan fingerprint density at radius 2 is 1.68 bits per heavy atom. The smallest absolute Gasteiger partial charge is 0.0940 e. The molecule has 0 aromatic heterocycles. The summed E-state index contributed by atoms with van der Waals surface area (Å²) in [5.41, 5.74) is 2.78. The lowest BCUT2D eigenvalue weighted by Gasteiger charge is -2.43. The lowest BCUT2D eigenvalue weighted by Crippen LogP contribution is -2.48. The van der Waals surface area contributed by atoms with Gasteiger partial charge in [-0.1, -0.05) is 66.7 Å². The molecule has 0 saturated heterocycles. The average molecular weight is 335 g/mol. The van der Waals surface area contributed by atoms with E-state index >= 15 is 0 Å². The number of benzene rings is 2. The van der Waals surface area contributed by atoms with E-state index in [4.69, 9.17) is 0 Å². The molecule has 2 atom stereocenters. The van der Waals surface area contributed by atoms with Crippen LogP contribution in [0.1, 0.15) is 30.4 Å². The molecule has 25 heavy (non-hydrogen) atoms. The highest BCUT2D eigenvalue weighted by Crippen LogP contribution is 2.41. The van der Waals surface area contributed by atoms with Crippen molar-refractivity contribution in [2.24, 2.45) is 5.92 Å². The van der Waals surface area contributed by atoms with Crippen molar-refractivity contribution >= 4 is 6.08 Å². The Balaban J connectivity index is 1.97. The van der Waals surface area contributed by atoms with Crippen LogP contribution in [-0.2, 0) is 6.42 Å². The fraction of sp³-hybridized carbons (Fsp3) is 0.391. The van der Waals surface area contributed by atoms with E-state index in [-0.39, 0.29) is 5.92 Å². The van der Waals surface area contributed by atoms with Crippen LogP contribution in [0.15, 0.2) is 66.2 Å². The minimum Gasteiger partial charge on any atom is -0.385 e. The molecule has 0 amide bonds. The van der Waals surface area contributed by atoms with Gasteiger partial charge in [-0.2, -0.15) is 0 Å². The SMILES string of the molecule is CN(C)CC1CCCC(=Cc2ccccc2)C1(O)Cc1ccccc1. The largest absolute Gasteiger partial charge is 0.385 e. The van der Waals surface area contributed by atoms with Gasteiger partial charge in [0.1, 0.15) is 0 Å². The van der Waals surface area contributed by atoms with Gasteiger partial charge in [-0.3, -0.25) is 0 Å². The van der Waals surface area contributed by atoms with Gasteiger partial charge in [-0.25, -0.2) is 0 Å². The van der Waals surface area contributed by atoms with Gasteiger partial charge >= 0.3 is 0 Å². The van der Waals surface area contributed by atoms with E-state index < -0.39 is 5.60 Å². The summed E-state index contributed by atoms with van der Waals surface area (Å²) in [4.78, 5) is 2.20. The zero-order valence-electron chi connectivity index (χ0n) is 15.4. The maximum Gasteiger partial charge on any atom is 0.0940 e. The van der Waals surface area contributed by atoms with Crippen molar-refractivity contribution in [3.63, 3.8) is 0 Å². The zero-order chi connectivity index (χ0) is 17.7. The van der Waals surface area contributed by atoms with Crippen molar-refractivity contribution in [2.75, 3.05) is 20.6 Å². The van der Waals surface area contributed by atoms with Crippen molar-refractivity contribution in [2.45, 2.75) is 31.3 Å². The van der Waals surface area contributed by atoms with Gasteiger partial charge in [0.2, 0.25) is 0 Å². The van der Waals surface area contributed by atoms with E-state index in [1.54, 1.807) is 0 Å². The normalized spacial score (nSPS) is 25.4. The maximum atomic E-state index is 11.9. The lowest BCUT2D eigenvalue weighted by atomic mass is 9.68. The van der Waals surface area contributed by atoms with Gasteiger partial charge in [0.25, 0.3) is 0 Å². The molecule has 0 aliphatic heterocycles. The third kappa shape index (κ3) is 4.39. The highest BCUT2D eigenvalue weighted by atomic mass is 16.3. The Morgan fingerprint density at radius 1 is 1.04 bits per heavy atom. The molecule has 2 heteroatoms. The summed E-state index contributed by atoms with van der Waals surface area (Å²) < 4.78 is 0. The fourth-order valence-corrected chi connectivity index (χ4v) is 4.05. The van der Waals surface area contributed by atoms with E-state index in [2.05, 4.69) is 73.6 Å². The van der Waals surface area contributed by atoms with E-state index in [0.29, 0.717) is 6.42 Å². The van der Waals surface area contributed by atoms with Crippen LogP contribution in [0.25, 0.3) is 6.08 Å². The molecule has 2 nitrogen and oxygen atoms in total. The van der Waals surface area contributed by atoms with Crippen molar-refractivity contribution in [3.05, 3.63) is 77.4 Å². The molecule has 2 aromatic carbocycles. The second kappa shape index (κ2) is 7.99. The van der Waals surface area contributed by atoms with E-state index in [1.807, 2.05) is 12.1 Å². The molecule has 1 N–H and O–H groups in total. The Bertz CT molecular complexity index is 693. The summed E-state index contributed by atoms with van der Waals surface area (Å²) >= 11 is 0. The monoisotopic (exact) mass is 335 g/mol. The molecular weight excluding hydrogens is 306 g/mol. The Kier molecular flexibility index (Phi) is 5.72. The van der Waals surface area contributed by atoms with Gasteiger partial charge < -0.3 is 10.0 Å². The van der Waals surface area contributed by atoms with Crippen LogP contribution >= 0.6 is 0 Å². The third-order valence-electron chi connectivity index (χ3n) is 5.27. The van der Waals surface area contributed by atoms with E-state index in [9.17, 15) is 5.11 Å². The maximum absolute atomic E-state index is 11.9. The first-order valence-corrected chi connectivity index (χ1v) is 9.25. The first-order valence-electron chi connectivity index (χ1n) is 9.25. The number of aliphatic hydroxyl groups is 1. The Morgan fingerprint density at radius 3 is 2.32 bits per heavy atom. The molecule has 2 aromatic rings. The molecule has 2 unspecified atom stereocenters. The summed E-state index contributed by atoms with van der Waals surface area (Å²) in [6.07, 6.45) is 6.10. The van der Waals surface area contributed by atoms with Gasteiger partial charge in [0.15, 0.2) is 0 Å². The van der Waals surface area contributed by atoms with Gasteiger partial charge in [-0.15, -0.1) is 0 Å². The quantitative estimate of drug-likeness (QED) is 0.875. The molecule has 1 aliphatic rings. The van der Waals surface area contributed by atoms with Crippen LogP contribution in [-0.4, -0.2) is 36.2 Å². The molecule has 1 aliphatic carbocycles. The van der Waals surface area contributed by atoms with Crippen LogP contribution in [0.5, 0.6) is 0 Å². The molecule has 1 fully saturated rings. The first kappa shape index (κ1) is 17.9. The molecule has 1 saturated carbocycles. The van der Waals surface area contributed by atoms with Gasteiger partial charge in [-0.05, 0) is 50.1 Å². The topological polar surface area (TPSA) is 23.5 Å². The predicted molar refractivity (Wildman–Crippen MR) is 105 cm³/mol. The molecule has 132 valence electrons. The first-order chi connectivity index (χ1) is 12.1. The van der Waals surface area contributed by atoms with Crippen molar-refractivity contribution in [1.29, 1.82) is 0 Å². The summed E-state index contributed by atoms with van der Waals surface area (Å²) in [5.74, 6) is 0.256. The average Bonchev–Trinajstić information content (AvgIpc) is 2.60. The summed E-state index contributed by atoms with van der Waals surface area (Å²) in [5, 5.41) is 11.9. The second-order valence-electron chi connectivity index (χ2n) is 7.52. The van der Waals surface area contributed by atoms with Crippen LogP contribution < -0.4 is 0 Å². The molecule has 0 heterocycles. The minimum absolute atomic E-state index is 0.256. The molecule has 0 bridgehead atoms. The van der Waals surface area contributed by atoms with Crippen molar-refractivity contribution in [3.8, 4) is 0 Å². The van der Waals surface area contributed by atoms with Gasteiger partial charge in [0.05, 0.1) is 5.60 Å². The highest BCUT2D eigenvalue weighted by Gasteiger charge is 2.42. The summed E-state index contributed by atoms with van der Waals surface area (Å²) in [6.45, 7) is 0.912. The van der Waals surface area contributed by atoms with Crippen molar-refractivity contribution in [1.82, 2.24) is 4.90 Å². The molecule has 0 radical (unpaired) electrons. The van der Waals surface area contributed by atoms with Crippen LogP contribution in [0.4, 0.5) is 0 Å². The lowest BCUT2D eigenvalue weighted by molar-refractivity contribution is -0.0123. The molecular formula is C23H29NO. The number of hydrogen-bond donors (Lipinski definition) is 1.